The molecule has 0 saturated heterocycles. The van der Waals surface area contributed by atoms with Crippen LogP contribution in [-0.4, -0.2) is 31.2 Å². The molecule has 0 spiro atoms. The number of aliphatic imine (C=N–C) groups is 1. The quantitative estimate of drug-likeness (QED) is 0.202. The van der Waals surface area contributed by atoms with Crippen LogP contribution in [0.4, 0.5) is 5.69 Å². The van der Waals surface area contributed by atoms with Crippen molar-refractivity contribution in [2.75, 3.05) is 20.3 Å². The van der Waals surface area contributed by atoms with Gasteiger partial charge in [-0.25, -0.2) is 4.99 Å². The second-order valence-electron chi connectivity index (χ2n) is 6.13. The summed E-state index contributed by atoms with van der Waals surface area (Å²) in [5, 5.41) is 14.6. The second-order valence-corrected chi connectivity index (χ2v) is 6.13. The molecule has 0 unspecified atom stereocenters. The van der Waals surface area contributed by atoms with Gasteiger partial charge in [0, 0.05) is 18.8 Å². The highest BCUT2D eigenvalue weighted by molar-refractivity contribution is 5.83. The van der Waals surface area contributed by atoms with Crippen LogP contribution < -0.4 is 20.1 Å². The summed E-state index contributed by atoms with van der Waals surface area (Å²) in [5.74, 6) is 2.10. The minimum absolute atomic E-state index is 0.446. The highest BCUT2D eigenvalue weighted by Gasteiger charge is 1.99. The predicted molar refractivity (Wildman–Crippen MR) is 110 cm³/mol. The van der Waals surface area contributed by atoms with E-state index in [1.165, 1.54) is 0 Å². The maximum Gasteiger partial charge on any atom is 0.209 e. The molecule has 1 heterocycles. The van der Waals surface area contributed by atoms with Gasteiger partial charge in [-0.15, -0.1) is 0 Å². The van der Waals surface area contributed by atoms with Crippen LogP contribution in [0.15, 0.2) is 53.8 Å². The number of aromatic nitrogens is 1. The van der Waals surface area contributed by atoms with Crippen LogP contribution in [0, 0.1) is 11.5 Å². The molecule has 1 aromatic heterocycles. The zero-order valence-electron chi connectivity index (χ0n) is 16.2. The van der Waals surface area contributed by atoms with Gasteiger partial charge in [0.15, 0.2) is 6.19 Å². The molecule has 2 rings (SSSR count). The topological polar surface area (TPSA) is 91.6 Å². The van der Waals surface area contributed by atoms with Crippen molar-refractivity contribution in [3.05, 3.63) is 48.8 Å². The van der Waals surface area contributed by atoms with E-state index in [2.05, 4.69) is 20.6 Å². The van der Waals surface area contributed by atoms with Gasteiger partial charge in [0.1, 0.15) is 11.5 Å². The first-order valence-corrected chi connectivity index (χ1v) is 9.46. The van der Waals surface area contributed by atoms with Crippen LogP contribution >= 0.6 is 0 Å². The molecule has 1 aromatic carbocycles. The summed E-state index contributed by atoms with van der Waals surface area (Å²) in [4.78, 5) is 8.34. The lowest BCUT2D eigenvalue weighted by Gasteiger charge is -2.09. The lowest BCUT2D eigenvalue weighted by Crippen LogP contribution is -2.34. The Morgan fingerprint density at radius 2 is 1.93 bits per heavy atom. The largest absolute Gasteiger partial charge is 0.497 e. The fourth-order valence-corrected chi connectivity index (χ4v) is 2.56. The minimum atomic E-state index is 0.446. The van der Waals surface area contributed by atoms with Gasteiger partial charge < -0.3 is 14.8 Å². The summed E-state index contributed by atoms with van der Waals surface area (Å²) >= 11 is 0. The third-order valence-electron chi connectivity index (χ3n) is 3.98. The predicted octanol–water partition coefficient (Wildman–Crippen LogP) is 3.77. The minimum Gasteiger partial charge on any atom is -0.497 e. The molecule has 2 N–H and O–H groups in total. The maximum absolute atomic E-state index is 8.83. The molecule has 0 bridgehead atoms. The molecule has 2 aromatic rings. The molecule has 0 atom stereocenters. The van der Waals surface area contributed by atoms with E-state index < -0.39 is 0 Å². The molecular weight excluding hydrogens is 354 g/mol. The molecule has 0 amide bonds. The van der Waals surface area contributed by atoms with E-state index in [1.807, 2.05) is 36.5 Å². The van der Waals surface area contributed by atoms with E-state index in [4.69, 9.17) is 14.7 Å². The molecule has 0 aliphatic carbocycles. The van der Waals surface area contributed by atoms with Crippen LogP contribution in [0.25, 0.3) is 0 Å². The van der Waals surface area contributed by atoms with Crippen molar-refractivity contribution < 1.29 is 9.47 Å². The van der Waals surface area contributed by atoms with E-state index in [0.717, 1.165) is 50.1 Å². The summed E-state index contributed by atoms with van der Waals surface area (Å²) in [6.07, 6.45) is 10.6. The Bertz CT molecular complexity index is 759. The third-order valence-corrected chi connectivity index (χ3v) is 3.98. The van der Waals surface area contributed by atoms with Crippen molar-refractivity contribution in [3.63, 3.8) is 0 Å². The van der Waals surface area contributed by atoms with Crippen LogP contribution in [0.2, 0.25) is 0 Å². The normalized spacial score (nSPS) is 10.8. The number of ether oxygens (including phenoxy) is 2. The summed E-state index contributed by atoms with van der Waals surface area (Å²) in [5.41, 5.74) is 0.698. The number of unbranched alkanes of at least 4 members (excludes halogenated alkanes) is 4. The third kappa shape index (κ3) is 8.41. The molecule has 0 fully saturated rings. The van der Waals surface area contributed by atoms with Crippen molar-refractivity contribution in [1.82, 2.24) is 15.6 Å². The van der Waals surface area contributed by atoms with Gasteiger partial charge in [-0.3, -0.25) is 10.3 Å². The number of methoxy groups -OCH3 is 1. The fraction of sp³-hybridized carbons (Fsp3) is 0.381. The Kier molecular flexibility index (Phi) is 9.75. The van der Waals surface area contributed by atoms with Crippen LogP contribution in [0.3, 0.4) is 0 Å². The van der Waals surface area contributed by atoms with Crippen molar-refractivity contribution in [2.45, 2.75) is 32.1 Å². The van der Waals surface area contributed by atoms with Gasteiger partial charge in [-0.1, -0.05) is 25.3 Å². The van der Waals surface area contributed by atoms with E-state index >= 15 is 0 Å². The van der Waals surface area contributed by atoms with Gasteiger partial charge >= 0.3 is 0 Å². The Balaban J connectivity index is 1.54. The Hall–Kier alpha value is -3.27. The average Bonchev–Trinajstić information content (AvgIpc) is 2.73. The van der Waals surface area contributed by atoms with E-state index in [0.29, 0.717) is 18.3 Å². The summed E-state index contributed by atoms with van der Waals surface area (Å²) in [6, 6.07) is 11.3. The number of nitrogens with zero attached hydrogens (tertiary/aromatic N) is 3. The number of nitrogens with one attached hydrogen (secondary N) is 2. The summed E-state index contributed by atoms with van der Waals surface area (Å²) < 4.78 is 10.9. The first-order valence-electron chi connectivity index (χ1n) is 9.46. The van der Waals surface area contributed by atoms with E-state index in [-0.39, 0.29) is 0 Å². The first kappa shape index (κ1) is 21.0. The van der Waals surface area contributed by atoms with Crippen LogP contribution in [-0.2, 0) is 0 Å². The summed E-state index contributed by atoms with van der Waals surface area (Å²) in [7, 11) is 1.65. The van der Waals surface area contributed by atoms with Crippen molar-refractivity contribution in [2.24, 2.45) is 4.99 Å². The molecule has 148 valence electrons. The van der Waals surface area contributed by atoms with Crippen molar-refractivity contribution in [1.29, 1.82) is 5.26 Å². The standard InChI is InChI=1S/C21H27N5O2/c1-27-19-10-7-11-20(15-19)28-14-6-4-2-3-5-13-24-21(25-17-22)26-18-9-8-12-23-16-18/h7-12,15-16H,2-6,13-14H2,1H3,(H2,24,25,26). The number of nitriles is 1. The molecule has 7 nitrogen and oxygen atoms in total. The van der Waals surface area contributed by atoms with Gasteiger partial charge in [0.2, 0.25) is 5.96 Å². The molecule has 0 aliphatic rings. The number of guanidine groups is 1. The van der Waals surface area contributed by atoms with Crippen molar-refractivity contribution in [3.8, 4) is 17.7 Å². The molecule has 28 heavy (non-hydrogen) atoms. The Morgan fingerprint density at radius 3 is 2.71 bits per heavy atom. The van der Waals surface area contributed by atoms with Crippen LogP contribution in [0.5, 0.6) is 11.5 Å². The highest BCUT2D eigenvalue weighted by Crippen LogP contribution is 2.19. The Labute approximate surface area is 166 Å². The lowest BCUT2D eigenvalue weighted by molar-refractivity contribution is 0.302. The number of rotatable bonds is 11. The smallest absolute Gasteiger partial charge is 0.209 e. The van der Waals surface area contributed by atoms with E-state index in [1.54, 1.807) is 25.6 Å². The second kappa shape index (κ2) is 13.0. The molecule has 0 radical (unpaired) electrons. The van der Waals surface area contributed by atoms with Crippen LogP contribution in [0.1, 0.15) is 32.1 Å². The number of hydrogen-bond donors (Lipinski definition) is 2. The molecule has 0 saturated carbocycles. The highest BCUT2D eigenvalue weighted by atomic mass is 16.5. The van der Waals surface area contributed by atoms with Gasteiger partial charge in [-0.2, -0.15) is 5.26 Å². The molecule has 0 aliphatic heterocycles. The van der Waals surface area contributed by atoms with Crippen molar-refractivity contribution >= 4 is 11.6 Å². The SMILES string of the molecule is COc1cccc(OCCCCCCCN/C(=N/c2cccnc2)NC#N)c1. The lowest BCUT2D eigenvalue weighted by atomic mass is 10.1. The zero-order valence-corrected chi connectivity index (χ0v) is 16.2. The number of pyridine rings is 1. The average molecular weight is 381 g/mol. The van der Waals surface area contributed by atoms with E-state index in [9.17, 15) is 0 Å². The maximum atomic E-state index is 8.83. The number of hydrogen-bond acceptors (Lipinski definition) is 5. The Morgan fingerprint density at radius 1 is 1.11 bits per heavy atom. The molecule has 7 heteroatoms. The zero-order chi connectivity index (χ0) is 19.9. The summed E-state index contributed by atoms with van der Waals surface area (Å²) in [6.45, 7) is 1.47. The fourth-order valence-electron chi connectivity index (χ4n) is 2.56. The van der Waals surface area contributed by atoms with Gasteiger partial charge in [-0.05, 0) is 37.1 Å². The first-order chi connectivity index (χ1) is 13.8. The number of benzene rings is 1. The van der Waals surface area contributed by atoms with Gasteiger partial charge in [0.05, 0.1) is 25.6 Å². The van der Waals surface area contributed by atoms with Gasteiger partial charge in [0.25, 0.3) is 0 Å². The molecular formula is C21H27N5O2. The monoisotopic (exact) mass is 381 g/mol.